The van der Waals surface area contributed by atoms with E-state index in [9.17, 15) is 9.59 Å². The Hall–Kier alpha value is -0.610. The lowest BCUT2D eigenvalue weighted by Gasteiger charge is -2.13. The monoisotopic (exact) mass is 191 g/mol. The van der Waals surface area contributed by atoms with Gasteiger partial charge in [0.25, 0.3) is 0 Å². The highest BCUT2D eigenvalue weighted by Gasteiger charge is 2.28. The van der Waals surface area contributed by atoms with Gasteiger partial charge in [0.2, 0.25) is 11.8 Å². The first-order valence-electron chi connectivity index (χ1n) is 3.76. The Bertz CT molecular complexity index is 189. The van der Waals surface area contributed by atoms with Crippen molar-refractivity contribution in [3.05, 3.63) is 0 Å². The van der Waals surface area contributed by atoms with Crippen LogP contribution in [0.5, 0.6) is 0 Å². The van der Waals surface area contributed by atoms with E-state index in [1.165, 1.54) is 0 Å². The van der Waals surface area contributed by atoms with E-state index in [-0.39, 0.29) is 37.6 Å². The summed E-state index contributed by atoms with van der Waals surface area (Å²) in [5.74, 6) is -0.338. The van der Waals surface area contributed by atoms with E-state index in [0.717, 1.165) is 4.90 Å². The fraction of sp³-hybridized carbons (Fsp3) is 0.714. The Labute approximate surface area is 75.1 Å². The van der Waals surface area contributed by atoms with Gasteiger partial charge in [0.15, 0.2) is 0 Å². The van der Waals surface area contributed by atoms with E-state index in [2.05, 4.69) is 0 Å². The molecule has 2 amide bonds. The van der Waals surface area contributed by atoms with Gasteiger partial charge in [0, 0.05) is 25.8 Å². The first kappa shape index (κ1) is 9.48. The molecule has 0 aliphatic carbocycles. The summed E-state index contributed by atoms with van der Waals surface area (Å²) in [6.45, 7) is 0.225. The van der Waals surface area contributed by atoms with Crippen molar-refractivity contribution in [2.24, 2.45) is 0 Å². The lowest BCUT2D eigenvalue weighted by molar-refractivity contribution is -0.138. The minimum absolute atomic E-state index is 0.169. The maximum absolute atomic E-state index is 11.0. The molecule has 0 bridgehead atoms. The van der Waals surface area contributed by atoms with Crippen LogP contribution in [0.2, 0.25) is 0 Å². The normalized spacial score (nSPS) is 20.3. The third-order valence-corrected chi connectivity index (χ3v) is 1.96. The number of rotatable bonds is 3. The molecule has 1 unspecified atom stereocenters. The highest BCUT2D eigenvalue weighted by Crippen LogP contribution is 2.12. The van der Waals surface area contributed by atoms with Crippen LogP contribution >= 0.6 is 11.6 Å². The average Bonchev–Trinajstić information content (AvgIpc) is 2.28. The average molecular weight is 192 g/mol. The Kier molecular flexibility index (Phi) is 3.05. The number of hydrogen-bond acceptors (Lipinski definition) is 3. The van der Waals surface area contributed by atoms with E-state index in [1.54, 1.807) is 0 Å². The zero-order chi connectivity index (χ0) is 9.14. The summed E-state index contributed by atoms with van der Waals surface area (Å²) in [4.78, 5) is 23.1. The zero-order valence-corrected chi connectivity index (χ0v) is 7.25. The molecule has 1 fully saturated rings. The molecule has 68 valence electrons. The van der Waals surface area contributed by atoms with Crippen LogP contribution in [0.3, 0.4) is 0 Å². The summed E-state index contributed by atoms with van der Waals surface area (Å²) >= 11 is 5.26. The molecule has 1 aliphatic heterocycles. The zero-order valence-electron chi connectivity index (χ0n) is 6.49. The van der Waals surface area contributed by atoms with Crippen LogP contribution in [0.4, 0.5) is 0 Å². The van der Waals surface area contributed by atoms with Gasteiger partial charge in [-0.25, -0.2) is 0 Å². The largest absolute Gasteiger partial charge is 0.378 e. The number of likely N-dealkylation sites (tertiary alicyclic amines) is 1. The van der Waals surface area contributed by atoms with Crippen LogP contribution in [0, 0.1) is 0 Å². The number of halogens is 1. The van der Waals surface area contributed by atoms with Crippen molar-refractivity contribution in [1.82, 2.24) is 4.90 Å². The fourth-order valence-corrected chi connectivity index (χ4v) is 1.21. The Morgan fingerprint density at radius 3 is 2.33 bits per heavy atom. The van der Waals surface area contributed by atoms with Crippen molar-refractivity contribution in [2.75, 3.05) is 6.54 Å². The van der Waals surface area contributed by atoms with Crippen LogP contribution in [-0.4, -0.2) is 33.9 Å². The van der Waals surface area contributed by atoms with Gasteiger partial charge < -0.3 is 5.11 Å². The first-order valence-corrected chi connectivity index (χ1v) is 4.20. The molecule has 1 heterocycles. The predicted molar refractivity (Wildman–Crippen MR) is 42.4 cm³/mol. The van der Waals surface area contributed by atoms with Crippen molar-refractivity contribution in [3.8, 4) is 0 Å². The molecule has 1 rings (SSSR count). The molecule has 1 saturated heterocycles. The lowest BCUT2D eigenvalue weighted by atomic mass is 10.4. The van der Waals surface area contributed by atoms with Gasteiger partial charge in [-0.15, -0.1) is 0 Å². The lowest BCUT2D eigenvalue weighted by Crippen LogP contribution is -2.31. The topological polar surface area (TPSA) is 57.6 Å². The number of imide groups is 1. The van der Waals surface area contributed by atoms with Crippen LogP contribution < -0.4 is 0 Å². The first-order chi connectivity index (χ1) is 5.61. The summed E-state index contributed by atoms with van der Waals surface area (Å²) in [6, 6.07) is 0. The molecule has 4 nitrogen and oxygen atoms in total. The molecule has 12 heavy (non-hydrogen) atoms. The van der Waals surface area contributed by atoms with Crippen LogP contribution in [0.15, 0.2) is 0 Å². The number of carbonyl (C=O) groups excluding carboxylic acids is 2. The standard InChI is InChI=1S/C7H10ClNO3/c8-5(10)3-4-9-6(11)1-2-7(9)12/h5,10H,1-4H2. The highest BCUT2D eigenvalue weighted by atomic mass is 35.5. The molecule has 0 aromatic heterocycles. The SMILES string of the molecule is O=C1CCC(=O)N1CCC(O)Cl. The van der Waals surface area contributed by atoms with E-state index in [4.69, 9.17) is 16.7 Å². The third kappa shape index (κ3) is 2.19. The molecule has 0 radical (unpaired) electrons. The van der Waals surface area contributed by atoms with Crippen molar-refractivity contribution in [3.63, 3.8) is 0 Å². The van der Waals surface area contributed by atoms with Crippen LogP contribution in [-0.2, 0) is 9.59 Å². The van der Waals surface area contributed by atoms with Crippen molar-refractivity contribution < 1.29 is 14.7 Å². The summed E-state index contributed by atoms with van der Waals surface area (Å²) in [5, 5.41) is 8.70. The van der Waals surface area contributed by atoms with Gasteiger partial charge >= 0.3 is 0 Å². The molecule has 1 aliphatic rings. The summed E-state index contributed by atoms with van der Waals surface area (Å²) in [7, 11) is 0. The number of amides is 2. The number of aliphatic hydroxyl groups is 1. The van der Waals surface area contributed by atoms with Gasteiger partial charge in [-0.3, -0.25) is 14.5 Å². The number of carbonyl (C=O) groups is 2. The van der Waals surface area contributed by atoms with Crippen molar-refractivity contribution in [1.29, 1.82) is 0 Å². The molecule has 1 atom stereocenters. The molecular formula is C7H10ClNO3. The van der Waals surface area contributed by atoms with Gasteiger partial charge in [0.1, 0.15) is 5.56 Å². The molecule has 0 saturated carbocycles. The van der Waals surface area contributed by atoms with E-state index < -0.39 is 5.56 Å². The second-order valence-electron chi connectivity index (χ2n) is 2.66. The molecule has 0 aromatic carbocycles. The van der Waals surface area contributed by atoms with Crippen molar-refractivity contribution in [2.45, 2.75) is 24.8 Å². The summed E-state index contributed by atoms with van der Waals surface area (Å²) in [5.41, 5.74) is -0.980. The summed E-state index contributed by atoms with van der Waals surface area (Å²) < 4.78 is 0. The van der Waals surface area contributed by atoms with Crippen molar-refractivity contribution >= 4 is 23.4 Å². The number of hydrogen-bond donors (Lipinski definition) is 1. The van der Waals surface area contributed by atoms with Crippen LogP contribution in [0.1, 0.15) is 19.3 Å². The number of aliphatic hydroxyl groups excluding tert-OH is 1. The maximum Gasteiger partial charge on any atom is 0.229 e. The second kappa shape index (κ2) is 3.87. The third-order valence-electron chi connectivity index (χ3n) is 1.75. The quantitative estimate of drug-likeness (QED) is 0.508. The highest BCUT2D eigenvalue weighted by molar-refractivity contribution is 6.19. The van der Waals surface area contributed by atoms with Gasteiger partial charge in [-0.2, -0.15) is 0 Å². The number of alkyl halides is 1. The molecule has 5 heteroatoms. The van der Waals surface area contributed by atoms with Crippen LogP contribution in [0.25, 0.3) is 0 Å². The number of nitrogens with zero attached hydrogens (tertiary/aromatic N) is 1. The molecular weight excluding hydrogens is 182 g/mol. The predicted octanol–water partition coefficient (Wildman–Crippen LogP) is 0.0827. The molecule has 1 N–H and O–H groups in total. The van der Waals surface area contributed by atoms with Gasteiger partial charge in [-0.1, -0.05) is 11.6 Å². The maximum atomic E-state index is 11.0. The minimum Gasteiger partial charge on any atom is -0.378 e. The smallest absolute Gasteiger partial charge is 0.229 e. The van der Waals surface area contributed by atoms with Gasteiger partial charge in [-0.05, 0) is 0 Å². The Morgan fingerprint density at radius 1 is 1.42 bits per heavy atom. The molecule has 0 aromatic rings. The van der Waals surface area contributed by atoms with E-state index in [0.29, 0.717) is 0 Å². The van der Waals surface area contributed by atoms with E-state index >= 15 is 0 Å². The molecule has 0 spiro atoms. The fourth-order valence-electron chi connectivity index (χ4n) is 1.11. The summed E-state index contributed by atoms with van der Waals surface area (Å²) in [6.07, 6.45) is 0.813. The minimum atomic E-state index is -0.980. The van der Waals surface area contributed by atoms with E-state index in [1.807, 2.05) is 0 Å². The Balaban J connectivity index is 2.40. The van der Waals surface area contributed by atoms with Gasteiger partial charge in [0.05, 0.1) is 0 Å². The second-order valence-corrected chi connectivity index (χ2v) is 3.17. The Morgan fingerprint density at radius 2 is 1.92 bits per heavy atom.